The monoisotopic (exact) mass is 247 g/mol. The van der Waals surface area contributed by atoms with Gasteiger partial charge in [0.2, 0.25) is 5.82 Å². The van der Waals surface area contributed by atoms with E-state index in [4.69, 9.17) is 5.26 Å². The van der Waals surface area contributed by atoms with Crippen LogP contribution in [0.5, 0.6) is 0 Å². The molecule has 2 aliphatic heterocycles. The molecular formula is C12H14FN5. The largest absolute Gasteiger partial charge is 0.354 e. The van der Waals surface area contributed by atoms with E-state index in [9.17, 15) is 4.39 Å². The third-order valence-corrected chi connectivity index (χ3v) is 3.63. The van der Waals surface area contributed by atoms with Crippen LogP contribution in [0.1, 0.15) is 12.2 Å². The Morgan fingerprint density at radius 2 is 2.28 bits per heavy atom. The van der Waals surface area contributed by atoms with Gasteiger partial charge in [-0.3, -0.25) is 4.90 Å². The Kier molecular flexibility index (Phi) is 2.84. The lowest BCUT2D eigenvalue weighted by molar-refractivity contribution is 0.223. The minimum absolute atomic E-state index is 0.185. The van der Waals surface area contributed by atoms with Crippen molar-refractivity contribution in [1.29, 1.82) is 5.26 Å². The van der Waals surface area contributed by atoms with E-state index in [1.54, 1.807) is 12.3 Å². The summed E-state index contributed by atoms with van der Waals surface area (Å²) >= 11 is 0. The third kappa shape index (κ3) is 2.02. The highest BCUT2D eigenvalue weighted by Gasteiger charge is 2.36. The summed E-state index contributed by atoms with van der Waals surface area (Å²) in [6.45, 7) is 3.02. The summed E-state index contributed by atoms with van der Waals surface area (Å²) in [7, 11) is 0. The molecule has 0 bridgehead atoms. The van der Waals surface area contributed by atoms with Gasteiger partial charge in [-0.15, -0.1) is 0 Å². The highest BCUT2D eigenvalue weighted by atomic mass is 19.1. The molecule has 2 aliphatic rings. The predicted octanol–water partition coefficient (Wildman–Crippen LogP) is 0.581. The topological polar surface area (TPSA) is 56.1 Å². The molecule has 5 nitrogen and oxygen atoms in total. The van der Waals surface area contributed by atoms with Crippen LogP contribution in [-0.4, -0.2) is 53.3 Å². The molecule has 0 aliphatic carbocycles. The fourth-order valence-electron chi connectivity index (χ4n) is 2.77. The Balaban J connectivity index is 1.76. The van der Waals surface area contributed by atoms with Crippen molar-refractivity contribution in [1.82, 2.24) is 14.9 Å². The number of nitriles is 1. The number of hydrogen-bond donors (Lipinski definition) is 0. The van der Waals surface area contributed by atoms with Crippen LogP contribution in [0.3, 0.4) is 0 Å². The molecule has 2 saturated heterocycles. The number of fused-ring (bicyclic) bond motifs is 1. The second-order valence-corrected chi connectivity index (χ2v) is 4.78. The van der Waals surface area contributed by atoms with Gasteiger partial charge in [0.25, 0.3) is 0 Å². The Morgan fingerprint density at radius 3 is 3.11 bits per heavy atom. The van der Waals surface area contributed by atoms with Crippen LogP contribution in [0.25, 0.3) is 0 Å². The van der Waals surface area contributed by atoms with E-state index in [2.05, 4.69) is 19.8 Å². The Bertz CT molecular complexity index is 486. The molecule has 6 heteroatoms. The van der Waals surface area contributed by atoms with Crippen molar-refractivity contribution in [3.8, 4) is 6.07 Å². The third-order valence-electron chi connectivity index (χ3n) is 3.63. The minimum Gasteiger partial charge on any atom is -0.354 e. The maximum atomic E-state index is 13.3. The van der Waals surface area contributed by atoms with Crippen LogP contribution in [0, 0.1) is 11.3 Å². The number of aromatic nitrogens is 2. The lowest BCUT2D eigenvalue weighted by atomic mass is 10.1. The van der Waals surface area contributed by atoms with Crippen molar-refractivity contribution in [2.45, 2.75) is 18.6 Å². The SMILES string of the molecule is N#Cc1nccc(N2CCN3C[C@@H](F)C[C@H]3C2)n1. The molecule has 0 amide bonds. The van der Waals surface area contributed by atoms with Gasteiger partial charge in [0, 0.05) is 38.4 Å². The number of rotatable bonds is 1. The van der Waals surface area contributed by atoms with Gasteiger partial charge in [-0.05, 0) is 12.5 Å². The first-order valence-electron chi connectivity index (χ1n) is 6.12. The van der Waals surface area contributed by atoms with Gasteiger partial charge < -0.3 is 4.90 Å². The van der Waals surface area contributed by atoms with Crippen molar-refractivity contribution < 1.29 is 4.39 Å². The number of nitrogens with zero attached hydrogens (tertiary/aromatic N) is 5. The average molecular weight is 247 g/mol. The zero-order chi connectivity index (χ0) is 12.5. The van der Waals surface area contributed by atoms with Gasteiger partial charge in [-0.1, -0.05) is 0 Å². The van der Waals surface area contributed by atoms with E-state index < -0.39 is 6.17 Å². The van der Waals surface area contributed by atoms with E-state index in [-0.39, 0.29) is 11.9 Å². The van der Waals surface area contributed by atoms with E-state index in [1.807, 2.05) is 6.07 Å². The van der Waals surface area contributed by atoms with E-state index >= 15 is 0 Å². The summed E-state index contributed by atoms with van der Waals surface area (Å²) in [5.74, 6) is 0.952. The van der Waals surface area contributed by atoms with Gasteiger partial charge in [0.15, 0.2) is 0 Å². The second kappa shape index (κ2) is 4.50. The second-order valence-electron chi connectivity index (χ2n) is 4.78. The van der Waals surface area contributed by atoms with Gasteiger partial charge in [-0.2, -0.15) is 5.26 Å². The summed E-state index contributed by atoms with van der Waals surface area (Å²) in [6.07, 6.45) is 1.50. The maximum absolute atomic E-state index is 13.3. The molecule has 2 atom stereocenters. The van der Waals surface area contributed by atoms with Crippen LogP contribution in [0.2, 0.25) is 0 Å². The molecule has 3 rings (SSSR count). The first-order chi connectivity index (χ1) is 8.76. The molecule has 0 unspecified atom stereocenters. The number of anilines is 1. The standard InChI is InChI=1S/C12H14FN5/c13-9-5-10-8-18(4-3-17(10)7-9)12-1-2-15-11(6-14)16-12/h1-2,9-10H,3-5,7-8H2/t9-,10-/m0/s1. The van der Waals surface area contributed by atoms with Crippen LogP contribution in [-0.2, 0) is 0 Å². The van der Waals surface area contributed by atoms with Gasteiger partial charge in [0.05, 0.1) is 0 Å². The lowest BCUT2D eigenvalue weighted by Crippen LogP contribution is -2.50. The highest BCUT2D eigenvalue weighted by Crippen LogP contribution is 2.26. The van der Waals surface area contributed by atoms with E-state index in [0.717, 1.165) is 25.5 Å². The molecule has 3 heterocycles. The molecule has 0 N–H and O–H groups in total. The van der Waals surface area contributed by atoms with Crippen LogP contribution in [0.4, 0.5) is 10.2 Å². The van der Waals surface area contributed by atoms with Crippen molar-refractivity contribution in [2.75, 3.05) is 31.1 Å². The summed E-state index contributed by atoms with van der Waals surface area (Å²) in [5, 5.41) is 8.79. The number of alkyl halides is 1. The first-order valence-corrected chi connectivity index (χ1v) is 6.12. The summed E-state index contributed by atoms with van der Waals surface area (Å²) < 4.78 is 13.3. The zero-order valence-corrected chi connectivity index (χ0v) is 9.96. The van der Waals surface area contributed by atoms with Gasteiger partial charge in [0.1, 0.15) is 18.1 Å². The molecule has 18 heavy (non-hydrogen) atoms. The lowest BCUT2D eigenvalue weighted by Gasteiger charge is -2.37. The zero-order valence-electron chi connectivity index (χ0n) is 9.96. The Labute approximate surface area is 105 Å². The fraction of sp³-hybridized carbons (Fsp3) is 0.583. The number of piperazine rings is 1. The number of halogens is 1. The molecule has 94 valence electrons. The average Bonchev–Trinajstić information content (AvgIpc) is 2.77. The maximum Gasteiger partial charge on any atom is 0.234 e. The molecular weight excluding hydrogens is 233 g/mol. The molecule has 1 aromatic heterocycles. The Hall–Kier alpha value is -1.74. The number of hydrogen-bond acceptors (Lipinski definition) is 5. The molecule has 0 radical (unpaired) electrons. The fourth-order valence-corrected chi connectivity index (χ4v) is 2.77. The smallest absolute Gasteiger partial charge is 0.234 e. The summed E-state index contributed by atoms with van der Waals surface area (Å²) in [4.78, 5) is 12.4. The summed E-state index contributed by atoms with van der Waals surface area (Å²) in [6, 6.07) is 4.02. The van der Waals surface area contributed by atoms with Crippen molar-refractivity contribution in [3.63, 3.8) is 0 Å². The molecule has 1 aromatic rings. The quantitative estimate of drug-likeness (QED) is 0.726. The summed E-state index contributed by atoms with van der Waals surface area (Å²) in [5.41, 5.74) is 0. The van der Waals surface area contributed by atoms with Crippen molar-refractivity contribution in [3.05, 3.63) is 18.1 Å². The van der Waals surface area contributed by atoms with Gasteiger partial charge >= 0.3 is 0 Å². The van der Waals surface area contributed by atoms with Gasteiger partial charge in [-0.25, -0.2) is 14.4 Å². The highest BCUT2D eigenvalue weighted by molar-refractivity contribution is 5.40. The first kappa shape index (κ1) is 11.4. The molecule has 0 saturated carbocycles. The van der Waals surface area contributed by atoms with E-state index in [1.165, 1.54) is 0 Å². The molecule has 2 fully saturated rings. The van der Waals surface area contributed by atoms with Crippen LogP contribution in [0.15, 0.2) is 12.3 Å². The molecule has 0 spiro atoms. The van der Waals surface area contributed by atoms with Crippen molar-refractivity contribution in [2.24, 2.45) is 0 Å². The van der Waals surface area contributed by atoms with Crippen molar-refractivity contribution >= 4 is 5.82 Å². The predicted molar refractivity (Wildman–Crippen MR) is 63.8 cm³/mol. The minimum atomic E-state index is -0.699. The van der Waals surface area contributed by atoms with Crippen LogP contribution < -0.4 is 4.90 Å². The van der Waals surface area contributed by atoms with E-state index in [0.29, 0.717) is 13.0 Å². The normalized spacial score (nSPS) is 27.9. The van der Waals surface area contributed by atoms with Crippen LogP contribution >= 0.6 is 0 Å². The molecule has 0 aromatic carbocycles. The Morgan fingerprint density at radius 1 is 1.39 bits per heavy atom.